The zero-order chi connectivity index (χ0) is 20.5. The Balaban J connectivity index is 1.85. The standard InChI is InChI=1S/C15H11ClN4O5S3/c1-7(21)25-10-3-2-8(16)4-9(10)13(22)20-14-19-12(6-26-14)28(23,24)15-18-5-11(17)27-15/h2-6H,17H2,1H3,(H,19,20,22). The van der Waals surface area contributed by atoms with Crippen LogP contribution in [0.2, 0.25) is 5.02 Å². The first kappa shape index (κ1) is 20.2. The lowest BCUT2D eigenvalue weighted by atomic mass is 10.2. The number of sulfone groups is 1. The molecule has 0 unspecified atom stereocenters. The van der Waals surface area contributed by atoms with Crippen LogP contribution in [0, 0.1) is 0 Å². The summed E-state index contributed by atoms with van der Waals surface area (Å²) in [6.45, 7) is 1.19. The van der Waals surface area contributed by atoms with E-state index >= 15 is 0 Å². The lowest BCUT2D eigenvalue weighted by molar-refractivity contribution is -0.131. The number of ether oxygens (including phenoxy) is 1. The fraction of sp³-hybridized carbons (Fsp3) is 0.0667. The molecule has 3 rings (SSSR count). The van der Waals surface area contributed by atoms with Crippen LogP contribution in [-0.4, -0.2) is 30.3 Å². The van der Waals surface area contributed by atoms with Crippen molar-refractivity contribution < 1.29 is 22.7 Å². The average molecular weight is 459 g/mol. The average Bonchev–Trinajstić information content (AvgIpc) is 3.26. The third-order valence-electron chi connectivity index (χ3n) is 3.15. The predicted octanol–water partition coefficient (Wildman–Crippen LogP) is 2.85. The maximum atomic E-state index is 12.5. The van der Waals surface area contributed by atoms with E-state index in [1.165, 1.54) is 36.7 Å². The highest BCUT2D eigenvalue weighted by Crippen LogP contribution is 2.30. The second kappa shape index (κ2) is 7.83. The van der Waals surface area contributed by atoms with E-state index < -0.39 is 21.7 Å². The highest BCUT2D eigenvalue weighted by Gasteiger charge is 2.25. The van der Waals surface area contributed by atoms with Crippen LogP contribution in [0.4, 0.5) is 10.1 Å². The molecule has 0 bridgehead atoms. The van der Waals surface area contributed by atoms with Crippen molar-refractivity contribution in [1.82, 2.24) is 9.97 Å². The smallest absolute Gasteiger partial charge is 0.308 e. The molecule has 3 aromatic rings. The molecular formula is C15H11ClN4O5S3. The second-order valence-electron chi connectivity index (χ2n) is 5.21. The summed E-state index contributed by atoms with van der Waals surface area (Å²) in [6.07, 6.45) is 1.24. The molecule has 2 heterocycles. The number of nitrogens with two attached hydrogens (primary N) is 1. The van der Waals surface area contributed by atoms with E-state index in [2.05, 4.69) is 15.3 Å². The van der Waals surface area contributed by atoms with Crippen LogP contribution in [0.5, 0.6) is 5.75 Å². The summed E-state index contributed by atoms with van der Waals surface area (Å²) in [4.78, 5) is 31.4. The van der Waals surface area contributed by atoms with E-state index in [1.807, 2.05) is 0 Å². The van der Waals surface area contributed by atoms with E-state index in [1.54, 1.807) is 0 Å². The molecule has 2 aromatic heterocycles. The Morgan fingerprint density at radius 2 is 2.07 bits per heavy atom. The van der Waals surface area contributed by atoms with Crippen LogP contribution >= 0.6 is 34.3 Å². The molecule has 0 radical (unpaired) electrons. The number of nitrogen functional groups attached to an aromatic ring is 1. The normalized spacial score (nSPS) is 11.2. The lowest BCUT2D eigenvalue weighted by Gasteiger charge is -2.08. The van der Waals surface area contributed by atoms with Crippen molar-refractivity contribution in [2.24, 2.45) is 0 Å². The molecule has 0 atom stereocenters. The zero-order valence-electron chi connectivity index (χ0n) is 14.0. The molecule has 1 aromatic carbocycles. The van der Waals surface area contributed by atoms with Gasteiger partial charge in [-0.1, -0.05) is 22.9 Å². The highest BCUT2D eigenvalue weighted by atomic mass is 35.5. The number of halogens is 1. The van der Waals surface area contributed by atoms with Gasteiger partial charge in [-0.25, -0.2) is 18.4 Å². The number of carbonyl (C=O) groups is 2. The molecule has 3 N–H and O–H groups in total. The van der Waals surface area contributed by atoms with Gasteiger partial charge >= 0.3 is 5.97 Å². The maximum Gasteiger partial charge on any atom is 0.308 e. The Labute approximate surface area is 172 Å². The van der Waals surface area contributed by atoms with Gasteiger partial charge in [0.2, 0.25) is 4.34 Å². The van der Waals surface area contributed by atoms with Gasteiger partial charge in [-0.15, -0.1) is 11.3 Å². The maximum absolute atomic E-state index is 12.5. The van der Waals surface area contributed by atoms with Crippen molar-refractivity contribution in [3.8, 4) is 5.75 Å². The van der Waals surface area contributed by atoms with Gasteiger partial charge in [0, 0.05) is 17.3 Å². The SMILES string of the molecule is CC(=O)Oc1ccc(Cl)cc1C(=O)Nc1nc(S(=O)(=O)c2ncc(N)s2)cs1. The minimum absolute atomic E-state index is 0.00463. The number of rotatable bonds is 5. The number of nitrogens with zero attached hydrogens (tertiary/aromatic N) is 2. The van der Waals surface area contributed by atoms with E-state index in [0.717, 1.165) is 22.7 Å². The van der Waals surface area contributed by atoms with Gasteiger partial charge in [-0.05, 0) is 18.2 Å². The van der Waals surface area contributed by atoms with E-state index in [0.29, 0.717) is 0 Å². The molecule has 9 nitrogen and oxygen atoms in total. The van der Waals surface area contributed by atoms with Gasteiger partial charge in [0.15, 0.2) is 10.2 Å². The summed E-state index contributed by atoms with van der Waals surface area (Å²) < 4.78 is 29.8. The molecule has 13 heteroatoms. The fourth-order valence-corrected chi connectivity index (χ4v) is 5.44. The van der Waals surface area contributed by atoms with Crippen LogP contribution in [-0.2, 0) is 14.6 Å². The molecule has 1 amide bonds. The number of thiazole rings is 2. The van der Waals surface area contributed by atoms with Crippen molar-refractivity contribution in [1.29, 1.82) is 0 Å². The van der Waals surface area contributed by atoms with Crippen LogP contribution in [0.15, 0.2) is 39.1 Å². The molecular weight excluding hydrogens is 448 g/mol. The van der Waals surface area contributed by atoms with E-state index in [9.17, 15) is 18.0 Å². The lowest BCUT2D eigenvalue weighted by Crippen LogP contribution is -2.15. The first-order chi connectivity index (χ1) is 13.2. The first-order valence-electron chi connectivity index (χ1n) is 7.38. The number of aromatic nitrogens is 2. The van der Waals surface area contributed by atoms with Crippen molar-refractivity contribution in [3.63, 3.8) is 0 Å². The van der Waals surface area contributed by atoms with Gasteiger partial charge in [0.25, 0.3) is 15.7 Å². The predicted molar refractivity (Wildman–Crippen MR) is 105 cm³/mol. The molecule has 0 spiro atoms. The van der Waals surface area contributed by atoms with Gasteiger partial charge in [0.1, 0.15) is 10.8 Å². The number of benzene rings is 1. The summed E-state index contributed by atoms with van der Waals surface area (Å²) in [6, 6.07) is 4.16. The molecule has 0 saturated carbocycles. The monoisotopic (exact) mass is 458 g/mol. The quantitative estimate of drug-likeness (QED) is 0.439. The summed E-state index contributed by atoms with van der Waals surface area (Å²) in [5.41, 5.74) is 5.52. The van der Waals surface area contributed by atoms with Crippen LogP contribution in [0.3, 0.4) is 0 Å². The summed E-state index contributed by atoms with van der Waals surface area (Å²) in [7, 11) is -3.94. The minimum atomic E-state index is -3.94. The van der Waals surface area contributed by atoms with Crippen LogP contribution in [0.25, 0.3) is 0 Å². The second-order valence-corrected chi connectivity index (χ2v) is 9.64. The molecule has 0 saturated heterocycles. The zero-order valence-corrected chi connectivity index (χ0v) is 17.2. The highest BCUT2D eigenvalue weighted by molar-refractivity contribution is 7.93. The van der Waals surface area contributed by atoms with E-state index in [4.69, 9.17) is 22.1 Å². The Hall–Kier alpha value is -2.54. The Bertz CT molecular complexity index is 1170. The number of hydrogen-bond acceptors (Lipinski definition) is 10. The van der Waals surface area contributed by atoms with E-state index in [-0.39, 0.29) is 35.8 Å². The number of nitrogens with one attached hydrogen (secondary N) is 1. The number of amides is 1. The molecule has 0 aliphatic rings. The van der Waals surface area contributed by atoms with Gasteiger partial charge < -0.3 is 10.5 Å². The number of carbonyl (C=O) groups excluding carboxylic acids is 2. The Morgan fingerprint density at radius 1 is 1.32 bits per heavy atom. The Kier molecular flexibility index (Phi) is 5.65. The fourth-order valence-electron chi connectivity index (χ4n) is 2.01. The van der Waals surface area contributed by atoms with Crippen molar-refractivity contribution in [2.45, 2.75) is 16.3 Å². The largest absolute Gasteiger partial charge is 0.426 e. The first-order valence-corrected chi connectivity index (χ1v) is 10.9. The van der Waals surface area contributed by atoms with Crippen molar-refractivity contribution >= 4 is 66.1 Å². The van der Waals surface area contributed by atoms with Crippen molar-refractivity contribution in [2.75, 3.05) is 11.1 Å². The van der Waals surface area contributed by atoms with Crippen LogP contribution in [0.1, 0.15) is 17.3 Å². The summed E-state index contributed by atoms with van der Waals surface area (Å²) >= 11 is 7.62. The van der Waals surface area contributed by atoms with Gasteiger partial charge in [0.05, 0.1) is 11.8 Å². The van der Waals surface area contributed by atoms with Crippen molar-refractivity contribution in [3.05, 3.63) is 40.4 Å². The number of esters is 1. The third kappa shape index (κ3) is 4.30. The molecule has 0 aliphatic heterocycles. The minimum Gasteiger partial charge on any atom is -0.426 e. The molecule has 0 aliphatic carbocycles. The third-order valence-corrected chi connectivity index (χ3v) is 7.15. The van der Waals surface area contributed by atoms with Crippen LogP contribution < -0.4 is 15.8 Å². The van der Waals surface area contributed by atoms with Gasteiger partial charge in [-0.2, -0.15) is 0 Å². The molecule has 28 heavy (non-hydrogen) atoms. The number of anilines is 2. The number of hydrogen-bond donors (Lipinski definition) is 2. The summed E-state index contributed by atoms with van der Waals surface area (Å²) in [5.74, 6) is -1.27. The molecule has 146 valence electrons. The topological polar surface area (TPSA) is 141 Å². The summed E-state index contributed by atoms with van der Waals surface area (Å²) in [5, 5.41) is 4.00. The van der Waals surface area contributed by atoms with Gasteiger partial charge in [-0.3, -0.25) is 14.9 Å². The Morgan fingerprint density at radius 3 is 2.71 bits per heavy atom. The molecule has 0 fully saturated rings.